The van der Waals surface area contributed by atoms with Crippen LogP contribution in [0.25, 0.3) is 0 Å². The van der Waals surface area contributed by atoms with E-state index in [1.54, 1.807) is 0 Å². The molecule has 0 aromatic rings. The van der Waals surface area contributed by atoms with E-state index in [0.29, 0.717) is 5.92 Å². The van der Waals surface area contributed by atoms with Gasteiger partial charge in [0.15, 0.2) is 0 Å². The van der Waals surface area contributed by atoms with Crippen LogP contribution in [0.3, 0.4) is 0 Å². The van der Waals surface area contributed by atoms with Gasteiger partial charge in [0, 0.05) is 25.2 Å². The fraction of sp³-hybridized carbons (Fsp3) is 0.412. The van der Waals surface area contributed by atoms with E-state index in [1.165, 1.54) is 11.1 Å². The van der Waals surface area contributed by atoms with Crippen LogP contribution in [-0.2, 0) is 0 Å². The van der Waals surface area contributed by atoms with Crippen molar-refractivity contribution in [1.29, 1.82) is 0 Å². The molecule has 1 rings (SSSR count). The van der Waals surface area contributed by atoms with Gasteiger partial charge < -0.3 is 4.90 Å². The van der Waals surface area contributed by atoms with Crippen LogP contribution < -0.4 is 0 Å². The van der Waals surface area contributed by atoms with Gasteiger partial charge in [0.05, 0.1) is 0 Å². The van der Waals surface area contributed by atoms with E-state index in [0.717, 1.165) is 29.8 Å². The SMILES string of the molecule is C=C(C)C1=C/CCN(C)C(=C)C(C)/C=C\1C(=C)C. The summed E-state index contributed by atoms with van der Waals surface area (Å²) >= 11 is 0. The van der Waals surface area contributed by atoms with E-state index in [-0.39, 0.29) is 0 Å². The first-order chi connectivity index (χ1) is 8.34. The van der Waals surface area contributed by atoms with Crippen LogP contribution in [0.15, 0.2) is 59.9 Å². The van der Waals surface area contributed by atoms with E-state index in [2.05, 4.69) is 64.6 Å². The van der Waals surface area contributed by atoms with Crippen LogP contribution in [-0.4, -0.2) is 18.5 Å². The molecule has 1 atom stereocenters. The first-order valence-electron chi connectivity index (χ1n) is 6.48. The van der Waals surface area contributed by atoms with Crippen LogP contribution in [0.4, 0.5) is 0 Å². The predicted molar refractivity (Wildman–Crippen MR) is 81.3 cm³/mol. The van der Waals surface area contributed by atoms with Gasteiger partial charge in [-0.2, -0.15) is 0 Å². The van der Waals surface area contributed by atoms with E-state index >= 15 is 0 Å². The maximum atomic E-state index is 4.19. The van der Waals surface area contributed by atoms with Crippen LogP contribution in [0.1, 0.15) is 27.2 Å². The summed E-state index contributed by atoms with van der Waals surface area (Å²) in [4.78, 5) is 2.23. The first kappa shape index (κ1) is 14.6. The van der Waals surface area contributed by atoms with E-state index in [1.807, 2.05) is 0 Å². The van der Waals surface area contributed by atoms with E-state index in [9.17, 15) is 0 Å². The minimum absolute atomic E-state index is 0.322. The smallest absolute Gasteiger partial charge is 0.0206 e. The third-order valence-corrected chi connectivity index (χ3v) is 3.46. The summed E-state index contributed by atoms with van der Waals surface area (Å²) in [5.74, 6) is 0.322. The zero-order chi connectivity index (χ0) is 13.9. The molecule has 0 N–H and O–H groups in total. The monoisotopic (exact) mass is 243 g/mol. The molecule has 1 nitrogen and oxygen atoms in total. The summed E-state index contributed by atoms with van der Waals surface area (Å²) in [6, 6.07) is 0. The third kappa shape index (κ3) is 3.25. The molecule has 18 heavy (non-hydrogen) atoms. The van der Waals surface area contributed by atoms with Crippen molar-refractivity contribution in [3.63, 3.8) is 0 Å². The molecule has 1 heterocycles. The van der Waals surface area contributed by atoms with Crippen LogP contribution in [0.5, 0.6) is 0 Å². The van der Waals surface area contributed by atoms with Gasteiger partial charge in [-0.1, -0.05) is 50.0 Å². The molecule has 1 unspecified atom stereocenters. The number of hydrogen-bond acceptors (Lipinski definition) is 1. The second-order valence-electron chi connectivity index (χ2n) is 5.25. The maximum absolute atomic E-state index is 4.19. The predicted octanol–water partition coefficient (Wildman–Crippen LogP) is 4.48. The van der Waals surface area contributed by atoms with Crippen LogP contribution in [0.2, 0.25) is 0 Å². The Morgan fingerprint density at radius 1 is 1.22 bits per heavy atom. The number of nitrogens with zero attached hydrogens (tertiary/aromatic N) is 1. The highest BCUT2D eigenvalue weighted by Crippen LogP contribution is 2.29. The summed E-state index contributed by atoms with van der Waals surface area (Å²) in [6.07, 6.45) is 5.53. The lowest BCUT2D eigenvalue weighted by Crippen LogP contribution is -2.21. The van der Waals surface area contributed by atoms with Crippen molar-refractivity contribution in [2.45, 2.75) is 27.2 Å². The average Bonchev–Trinajstić information content (AvgIpc) is 2.33. The summed E-state index contributed by atoms with van der Waals surface area (Å²) < 4.78 is 0. The lowest BCUT2D eigenvalue weighted by molar-refractivity contribution is 0.394. The summed E-state index contributed by atoms with van der Waals surface area (Å²) in [5, 5.41) is 0. The highest BCUT2D eigenvalue weighted by molar-refractivity contribution is 5.54. The Hall–Kier alpha value is -1.50. The fourth-order valence-electron chi connectivity index (χ4n) is 2.22. The molecule has 0 bridgehead atoms. The molecule has 0 spiro atoms. The van der Waals surface area contributed by atoms with E-state index < -0.39 is 0 Å². The summed E-state index contributed by atoms with van der Waals surface area (Å²) in [6.45, 7) is 19.7. The largest absolute Gasteiger partial charge is 0.378 e. The van der Waals surface area contributed by atoms with Gasteiger partial charge in [0.2, 0.25) is 0 Å². The lowest BCUT2D eigenvalue weighted by Gasteiger charge is -2.24. The molecule has 0 saturated heterocycles. The Morgan fingerprint density at radius 3 is 2.28 bits per heavy atom. The van der Waals surface area contributed by atoms with Crippen molar-refractivity contribution in [2.24, 2.45) is 5.92 Å². The Morgan fingerprint density at radius 2 is 1.78 bits per heavy atom. The molecule has 0 aliphatic carbocycles. The normalized spacial score (nSPS) is 27.2. The molecule has 1 aliphatic heterocycles. The van der Waals surface area contributed by atoms with Gasteiger partial charge in [-0.25, -0.2) is 0 Å². The highest BCUT2D eigenvalue weighted by Gasteiger charge is 2.15. The number of allylic oxidation sites excluding steroid dienone is 5. The number of rotatable bonds is 2. The van der Waals surface area contributed by atoms with Gasteiger partial charge >= 0.3 is 0 Å². The van der Waals surface area contributed by atoms with Gasteiger partial charge in [-0.3, -0.25) is 0 Å². The van der Waals surface area contributed by atoms with Gasteiger partial charge in [0.25, 0.3) is 0 Å². The molecule has 0 fully saturated rings. The molecule has 1 aliphatic rings. The van der Waals surface area contributed by atoms with Crippen LogP contribution >= 0.6 is 0 Å². The van der Waals surface area contributed by atoms with Gasteiger partial charge in [-0.05, 0) is 31.4 Å². The average molecular weight is 243 g/mol. The highest BCUT2D eigenvalue weighted by atomic mass is 15.1. The molecular formula is C17H25N. The summed E-state index contributed by atoms with van der Waals surface area (Å²) in [5.41, 5.74) is 5.80. The Labute approximate surface area is 112 Å². The standard InChI is InChI=1S/C17H25N/c1-12(2)16-9-8-10-18(7)15(6)14(5)11-17(16)13(3)4/h9,11,14H,1,3,6,8,10H2,2,4-5,7H3/b16-9-,17-11-. The molecule has 0 amide bonds. The van der Waals surface area contributed by atoms with Crippen molar-refractivity contribution in [2.75, 3.05) is 13.6 Å². The molecule has 0 aromatic carbocycles. The minimum Gasteiger partial charge on any atom is -0.378 e. The Balaban J connectivity index is 3.28. The minimum atomic E-state index is 0.322. The third-order valence-electron chi connectivity index (χ3n) is 3.46. The van der Waals surface area contributed by atoms with Crippen molar-refractivity contribution < 1.29 is 0 Å². The van der Waals surface area contributed by atoms with E-state index in [4.69, 9.17) is 0 Å². The molecule has 1 heteroatoms. The van der Waals surface area contributed by atoms with Gasteiger partial charge in [-0.15, -0.1) is 0 Å². The molecule has 0 radical (unpaired) electrons. The number of hydrogen-bond donors (Lipinski definition) is 0. The van der Waals surface area contributed by atoms with Gasteiger partial charge in [0.1, 0.15) is 0 Å². The molecule has 0 aromatic heterocycles. The lowest BCUT2D eigenvalue weighted by atomic mass is 9.91. The zero-order valence-electron chi connectivity index (χ0n) is 12.2. The van der Waals surface area contributed by atoms with Crippen LogP contribution in [0, 0.1) is 5.92 Å². The van der Waals surface area contributed by atoms with Crippen molar-refractivity contribution in [1.82, 2.24) is 4.90 Å². The second-order valence-corrected chi connectivity index (χ2v) is 5.25. The summed E-state index contributed by atoms with van der Waals surface area (Å²) in [7, 11) is 2.10. The molecule has 98 valence electrons. The fourth-order valence-corrected chi connectivity index (χ4v) is 2.22. The topological polar surface area (TPSA) is 3.24 Å². The van der Waals surface area contributed by atoms with Crippen molar-refractivity contribution >= 4 is 0 Å². The molecule has 0 saturated carbocycles. The quantitative estimate of drug-likeness (QED) is 0.691. The zero-order valence-corrected chi connectivity index (χ0v) is 12.2. The first-order valence-corrected chi connectivity index (χ1v) is 6.48. The Bertz CT molecular complexity index is 435. The van der Waals surface area contributed by atoms with Crippen molar-refractivity contribution in [3.8, 4) is 0 Å². The Kier molecular flexibility index (Phi) is 4.77. The molecular weight excluding hydrogens is 218 g/mol. The van der Waals surface area contributed by atoms with Crippen molar-refractivity contribution in [3.05, 3.63) is 59.9 Å². The maximum Gasteiger partial charge on any atom is 0.0206 e. The second kappa shape index (κ2) is 5.90.